The van der Waals surface area contributed by atoms with E-state index < -0.39 is 24.0 Å². The van der Waals surface area contributed by atoms with E-state index in [1.54, 1.807) is 18.6 Å². The predicted molar refractivity (Wildman–Crippen MR) is 64.0 cm³/mol. The van der Waals surface area contributed by atoms with Crippen molar-refractivity contribution in [3.05, 3.63) is 11.9 Å². The number of rotatable bonds is 8. The Morgan fingerprint density at radius 1 is 1.68 bits per heavy atom. The lowest BCUT2D eigenvalue weighted by Gasteiger charge is -2.12. The number of hydrogen-bond donors (Lipinski definition) is 4. The summed E-state index contributed by atoms with van der Waals surface area (Å²) in [6.45, 7) is 0. The third-order valence-electron chi connectivity index (χ3n) is 2.52. The molecular weight excluding hydrogens is 272 g/mol. The van der Waals surface area contributed by atoms with Gasteiger partial charge >= 0.3 is 5.97 Å². The first kappa shape index (κ1) is 15.5. The Balaban J connectivity index is 2.52. The number of hydrogen-bond acceptors (Lipinski definition) is 5. The maximum absolute atomic E-state index is 10.8. The summed E-state index contributed by atoms with van der Waals surface area (Å²) < 4.78 is 0. The van der Waals surface area contributed by atoms with Crippen molar-refractivity contribution in [3.63, 3.8) is 0 Å². The smallest absolute Gasteiger partial charge is 0.363 e. The molecule has 106 valence electrons. The summed E-state index contributed by atoms with van der Waals surface area (Å²) in [6, 6.07) is -1.38. The topological polar surface area (TPSA) is 150 Å². The zero-order valence-corrected chi connectivity index (χ0v) is 11.3. The van der Waals surface area contributed by atoms with Crippen molar-refractivity contribution in [1.29, 1.82) is 0 Å². The highest BCUT2D eigenvalue weighted by Crippen LogP contribution is 2.14. The van der Waals surface area contributed by atoms with E-state index in [4.69, 9.17) is 5.11 Å². The third-order valence-corrected chi connectivity index (χ3v) is 3.57. The van der Waals surface area contributed by atoms with Crippen molar-refractivity contribution in [2.75, 3.05) is 12.8 Å². The molecule has 8 nitrogen and oxygen atoms in total. The number of quaternary nitrogens is 2. The largest absolute Gasteiger partial charge is 0.544 e. The number of likely N-dealkylation sites (N-methyl/N-ethyl adjacent to an activating group) is 1. The Morgan fingerprint density at radius 3 is 2.89 bits per heavy atom. The van der Waals surface area contributed by atoms with Crippen LogP contribution in [0.4, 0.5) is 0 Å². The lowest BCUT2D eigenvalue weighted by Crippen LogP contribution is -2.90. The minimum Gasteiger partial charge on any atom is -0.544 e. The molecule has 0 aromatic carbocycles. The number of thioether (sulfide) groups is 1. The number of carboxylic acid groups (broad SMARTS) is 2. The molecular formula is C10H17N4O4S+. The van der Waals surface area contributed by atoms with Crippen molar-refractivity contribution in [3.8, 4) is 0 Å². The molecule has 1 aromatic heterocycles. The summed E-state index contributed by atoms with van der Waals surface area (Å²) in [5, 5.41) is 21.6. The first-order valence-electron chi connectivity index (χ1n) is 5.67. The van der Waals surface area contributed by atoms with E-state index in [-0.39, 0.29) is 6.42 Å². The van der Waals surface area contributed by atoms with Crippen molar-refractivity contribution >= 4 is 23.7 Å². The molecule has 0 aliphatic heterocycles. The minimum atomic E-state index is -1.13. The Bertz CT molecular complexity index is 450. The minimum absolute atomic E-state index is 0.277. The summed E-state index contributed by atoms with van der Waals surface area (Å²) in [5.74, 6) is -1.79. The highest BCUT2D eigenvalue weighted by atomic mass is 32.2. The fourth-order valence-corrected chi connectivity index (χ4v) is 2.17. The number of aromatic nitrogens is 2. The molecule has 0 saturated heterocycles. The molecule has 7 N–H and O–H groups in total. The highest BCUT2D eigenvalue weighted by molar-refractivity contribution is 7.99. The summed E-state index contributed by atoms with van der Waals surface area (Å²) >= 11 is 1.24. The van der Waals surface area contributed by atoms with Crippen LogP contribution in [0.1, 0.15) is 5.69 Å². The fourth-order valence-electron chi connectivity index (χ4n) is 1.34. The fraction of sp³-hybridized carbons (Fsp3) is 0.500. The monoisotopic (exact) mass is 289 g/mol. The Kier molecular flexibility index (Phi) is 5.80. The van der Waals surface area contributed by atoms with E-state index >= 15 is 0 Å². The van der Waals surface area contributed by atoms with Crippen LogP contribution in [-0.2, 0) is 16.0 Å². The second kappa shape index (κ2) is 7.12. The lowest BCUT2D eigenvalue weighted by atomic mass is 10.2. The van der Waals surface area contributed by atoms with Gasteiger partial charge in [-0.25, -0.2) is 9.78 Å². The van der Waals surface area contributed by atoms with E-state index in [0.717, 1.165) is 0 Å². The molecule has 0 aliphatic carbocycles. The normalized spacial score (nSPS) is 14.0. The van der Waals surface area contributed by atoms with Gasteiger partial charge < -0.3 is 31.0 Å². The number of imidazole rings is 1. The molecule has 0 bridgehead atoms. The number of aromatic amines is 1. The molecule has 1 heterocycles. The van der Waals surface area contributed by atoms with Gasteiger partial charge in [0.25, 0.3) is 0 Å². The van der Waals surface area contributed by atoms with Crippen LogP contribution in [0.2, 0.25) is 0 Å². The molecule has 0 fully saturated rings. The maximum atomic E-state index is 10.8. The van der Waals surface area contributed by atoms with Crippen LogP contribution >= 0.6 is 11.8 Å². The van der Waals surface area contributed by atoms with Gasteiger partial charge in [-0.15, -0.1) is 0 Å². The number of nitrogens with zero attached hydrogens (tertiary/aromatic N) is 1. The molecule has 0 aliphatic rings. The van der Waals surface area contributed by atoms with Crippen LogP contribution in [-0.4, -0.2) is 51.9 Å². The number of carboxylic acids is 2. The van der Waals surface area contributed by atoms with Crippen LogP contribution in [0.3, 0.4) is 0 Å². The van der Waals surface area contributed by atoms with E-state index in [2.05, 4.69) is 15.7 Å². The van der Waals surface area contributed by atoms with Gasteiger partial charge in [0.15, 0.2) is 11.2 Å². The summed E-state index contributed by atoms with van der Waals surface area (Å²) in [4.78, 5) is 28.4. The number of carbonyl (C=O) groups excluding carboxylic acids is 1. The Hall–Kier alpha value is -1.58. The van der Waals surface area contributed by atoms with Gasteiger partial charge in [-0.2, -0.15) is 0 Å². The summed E-state index contributed by atoms with van der Waals surface area (Å²) in [6.07, 6.45) is 1.82. The van der Waals surface area contributed by atoms with Crippen molar-refractivity contribution in [1.82, 2.24) is 9.97 Å². The van der Waals surface area contributed by atoms with Gasteiger partial charge in [0, 0.05) is 18.3 Å². The molecule has 1 unspecified atom stereocenters. The molecule has 0 amide bonds. The highest BCUT2D eigenvalue weighted by Gasteiger charge is 2.17. The van der Waals surface area contributed by atoms with Crippen molar-refractivity contribution in [2.45, 2.75) is 23.7 Å². The van der Waals surface area contributed by atoms with Crippen LogP contribution in [0, 0.1) is 0 Å². The standard InChI is InChI=1S/C10H16N4O4S/c1-12-7(9(17)18)2-5-3-13-10(14-5)19-4-6(11)8(15)16/h3,6-7,12H,2,4,11H2,1H3,(H,13,14)(H,15,16)(H,17,18)/p+1/t6?,7-/m0/s1. The predicted octanol–water partition coefficient (Wildman–Crippen LogP) is -3.95. The van der Waals surface area contributed by atoms with Gasteiger partial charge in [-0.05, 0) is 0 Å². The van der Waals surface area contributed by atoms with Crippen LogP contribution < -0.4 is 16.2 Å². The van der Waals surface area contributed by atoms with E-state index in [1.807, 2.05) is 0 Å². The molecule has 19 heavy (non-hydrogen) atoms. The molecule has 9 heteroatoms. The first-order chi connectivity index (χ1) is 8.93. The first-order valence-corrected chi connectivity index (χ1v) is 6.65. The Morgan fingerprint density at radius 2 is 2.37 bits per heavy atom. The molecule has 0 spiro atoms. The van der Waals surface area contributed by atoms with Gasteiger partial charge in [0.2, 0.25) is 0 Å². The number of nitrogens with two attached hydrogens (primary N) is 1. The zero-order valence-electron chi connectivity index (χ0n) is 10.5. The van der Waals surface area contributed by atoms with E-state index in [9.17, 15) is 14.7 Å². The number of nitrogens with one attached hydrogen (secondary N) is 1. The third kappa shape index (κ3) is 4.89. The summed E-state index contributed by atoms with van der Waals surface area (Å²) in [7, 11) is 1.66. The molecule has 0 radical (unpaired) electrons. The van der Waals surface area contributed by atoms with Gasteiger partial charge in [0.1, 0.15) is 6.04 Å². The van der Waals surface area contributed by atoms with E-state index in [0.29, 0.717) is 16.6 Å². The average Bonchev–Trinajstić information content (AvgIpc) is 2.80. The second-order valence-electron chi connectivity index (χ2n) is 4.02. The molecule has 1 rings (SSSR count). The van der Waals surface area contributed by atoms with Crippen LogP contribution in [0.15, 0.2) is 11.4 Å². The lowest BCUT2D eigenvalue weighted by molar-refractivity contribution is -0.657. The zero-order chi connectivity index (χ0) is 14.4. The van der Waals surface area contributed by atoms with Crippen molar-refractivity contribution in [2.24, 2.45) is 0 Å². The number of carbonyl (C=O) groups is 2. The SMILES string of the molecule is C[NH2+][C@@H](Cc1cnc(SCC([NH3+])C(=O)O)[nH]1)C(=O)[O-]. The summed E-state index contributed by atoms with van der Waals surface area (Å²) in [5.41, 5.74) is 4.16. The van der Waals surface area contributed by atoms with Gasteiger partial charge in [-0.3, -0.25) is 0 Å². The van der Waals surface area contributed by atoms with Crippen LogP contribution in [0.5, 0.6) is 0 Å². The van der Waals surface area contributed by atoms with Gasteiger partial charge in [0.05, 0.1) is 18.8 Å². The maximum Gasteiger partial charge on any atom is 0.363 e. The average molecular weight is 289 g/mol. The Labute approximate surface area is 113 Å². The van der Waals surface area contributed by atoms with Gasteiger partial charge in [-0.1, -0.05) is 11.8 Å². The molecule has 2 atom stereocenters. The number of aliphatic carboxylic acids is 2. The quantitative estimate of drug-likeness (QED) is 0.359. The second-order valence-corrected chi connectivity index (χ2v) is 5.03. The number of H-pyrrole nitrogens is 1. The van der Waals surface area contributed by atoms with Crippen LogP contribution in [0.25, 0.3) is 0 Å². The van der Waals surface area contributed by atoms with Crippen molar-refractivity contribution < 1.29 is 30.9 Å². The van der Waals surface area contributed by atoms with E-state index in [1.165, 1.54) is 11.8 Å². The molecule has 0 saturated carbocycles. The molecule has 1 aromatic rings.